The Morgan fingerprint density at radius 2 is 1.95 bits per heavy atom. The first-order valence-electron chi connectivity index (χ1n) is 7.53. The number of carbonyl (C=O) groups excluding carboxylic acids is 1. The zero-order chi connectivity index (χ0) is 14.9. The number of hydrogen-bond donors (Lipinski definition) is 3. The van der Waals surface area contributed by atoms with Gasteiger partial charge in [0.15, 0.2) is 0 Å². The standard InChI is InChI=1S/C16H20N2O3/c19-14(18-16(15(20)21)7-1-2-8-16)12-5-6-13-11(10-12)4-3-9-17-13/h5-6,10,17H,1-4,7-9H2,(H,18,19)(H,20,21). The molecule has 0 saturated heterocycles. The highest BCUT2D eigenvalue weighted by molar-refractivity contribution is 5.98. The topological polar surface area (TPSA) is 78.4 Å². The molecule has 2 aliphatic rings. The van der Waals surface area contributed by atoms with Gasteiger partial charge in [0.05, 0.1) is 0 Å². The molecule has 1 saturated carbocycles. The number of rotatable bonds is 3. The van der Waals surface area contributed by atoms with Gasteiger partial charge in [0.1, 0.15) is 5.54 Å². The van der Waals surface area contributed by atoms with E-state index in [1.165, 1.54) is 0 Å². The number of carboxylic acid groups (broad SMARTS) is 1. The summed E-state index contributed by atoms with van der Waals surface area (Å²) in [5, 5.41) is 15.5. The van der Waals surface area contributed by atoms with E-state index in [1.807, 2.05) is 12.1 Å². The van der Waals surface area contributed by atoms with Crippen molar-refractivity contribution in [3.63, 3.8) is 0 Å². The van der Waals surface area contributed by atoms with Crippen molar-refractivity contribution in [1.29, 1.82) is 0 Å². The maximum atomic E-state index is 12.4. The van der Waals surface area contributed by atoms with Crippen LogP contribution in [-0.4, -0.2) is 29.1 Å². The molecule has 0 spiro atoms. The lowest BCUT2D eigenvalue weighted by Gasteiger charge is -2.26. The predicted octanol–water partition coefficient (Wildman–Crippen LogP) is 2.17. The summed E-state index contributed by atoms with van der Waals surface area (Å²) in [6, 6.07) is 5.55. The minimum atomic E-state index is -1.08. The predicted molar refractivity (Wildman–Crippen MR) is 79.6 cm³/mol. The summed E-state index contributed by atoms with van der Waals surface area (Å²) < 4.78 is 0. The number of amides is 1. The molecule has 112 valence electrons. The van der Waals surface area contributed by atoms with Gasteiger partial charge in [-0.1, -0.05) is 12.8 Å². The third-order valence-corrected chi connectivity index (χ3v) is 4.53. The SMILES string of the molecule is O=C(NC1(C(=O)O)CCCC1)c1ccc2c(c1)CCCN2. The monoisotopic (exact) mass is 288 g/mol. The number of carboxylic acids is 1. The Hall–Kier alpha value is -2.04. The Morgan fingerprint density at radius 3 is 2.67 bits per heavy atom. The van der Waals surface area contributed by atoms with E-state index in [0.29, 0.717) is 18.4 Å². The fraction of sp³-hybridized carbons (Fsp3) is 0.500. The first kappa shape index (κ1) is 13.9. The van der Waals surface area contributed by atoms with Crippen molar-refractivity contribution in [2.45, 2.75) is 44.1 Å². The van der Waals surface area contributed by atoms with E-state index < -0.39 is 11.5 Å². The number of nitrogens with one attached hydrogen (secondary N) is 2. The molecule has 1 heterocycles. The molecule has 1 fully saturated rings. The molecule has 5 heteroatoms. The summed E-state index contributed by atoms with van der Waals surface area (Å²) in [5.74, 6) is -1.21. The highest BCUT2D eigenvalue weighted by Crippen LogP contribution is 2.30. The lowest BCUT2D eigenvalue weighted by atomic mass is 9.96. The summed E-state index contributed by atoms with van der Waals surface area (Å²) in [6.07, 6.45) is 4.73. The fourth-order valence-corrected chi connectivity index (χ4v) is 3.28. The number of anilines is 1. The average molecular weight is 288 g/mol. The molecular weight excluding hydrogens is 268 g/mol. The van der Waals surface area contributed by atoms with Gasteiger partial charge in [-0.25, -0.2) is 4.79 Å². The highest BCUT2D eigenvalue weighted by atomic mass is 16.4. The Bertz CT molecular complexity index is 577. The van der Waals surface area contributed by atoms with Gasteiger partial charge in [-0.15, -0.1) is 0 Å². The summed E-state index contributed by atoms with van der Waals surface area (Å²) >= 11 is 0. The van der Waals surface area contributed by atoms with Gasteiger partial charge in [0.2, 0.25) is 0 Å². The number of fused-ring (bicyclic) bond motifs is 1. The van der Waals surface area contributed by atoms with Crippen LogP contribution < -0.4 is 10.6 Å². The molecule has 5 nitrogen and oxygen atoms in total. The first-order chi connectivity index (χ1) is 10.1. The maximum Gasteiger partial charge on any atom is 0.329 e. The smallest absolute Gasteiger partial charge is 0.329 e. The molecule has 0 unspecified atom stereocenters. The zero-order valence-corrected chi connectivity index (χ0v) is 11.9. The van der Waals surface area contributed by atoms with Crippen molar-refractivity contribution in [1.82, 2.24) is 5.32 Å². The normalized spacial score (nSPS) is 19.4. The maximum absolute atomic E-state index is 12.4. The Balaban J connectivity index is 1.80. The Kier molecular flexibility index (Phi) is 3.57. The van der Waals surface area contributed by atoms with Crippen molar-refractivity contribution < 1.29 is 14.7 Å². The van der Waals surface area contributed by atoms with Crippen LogP contribution in [0.15, 0.2) is 18.2 Å². The largest absolute Gasteiger partial charge is 0.480 e. The molecule has 1 aliphatic carbocycles. The second-order valence-electron chi connectivity index (χ2n) is 5.95. The lowest BCUT2D eigenvalue weighted by molar-refractivity contribution is -0.144. The number of aryl methyl sites for hydroxylation is 1. The zero-order valence-electron chi connectivity index (χ0n) is 11.9. The van der Waals surface area contributed by atoms with Gasteiger partial charge in [0.25, 0.3) is 5.91 Å². The molecule has 1 amide bonds. The van der Waals surface area contributed by atoms with Crippen LogP contribution in [0.5, 0.6) is 0 Å². The van der Waals surface area contributed by atoms with Crippen molar-refractivity contribution in [3.8, 4) is 0 Å². The number of hydrogen-bond acceptors (Lipinski definition) is 3. The lowest BCUT2D eigenvalue weighted by Crippen LogP contribution is -2.52. The molecule has 21 heavy (non-hydrogen) atoms. The van der Waals surface area contributed by atoms with Gasteiger partial charge in [-0.3, -0.25) is 4.79 Å². The summed E-state index contributed by atoms with van der Waals surface area (Å²) in [6.45, 7) is 0.959. The minimum Gasteiger partial charge on any atom is -0.480 e. The molecular formula is C16H20N2O3. The number of benzene rings is 1. The van der Waals surface area contributed by atoms with Gasteiger partial charge in [-0.05, 0) is 49.4 Å². The van der Waals surface area contributed by atoms with E-state index in [-0.39, 0.29) is 5.91 Å². The van der Waals surface area contributed by atoms with E-state index >= 15 is 0 Å². The van der Waals surface area contributed by atoms with E-state index in [9.17, 15) is 14.7 Å². The molecule has 0 atom stereocenters. The van der Waals surface area contributed by atoms with Gasteiger partial charge in [-0.2, -0.15) is 0 Å². The van der Waals surface area contributed by atoms with Gasteiger partial charge in [0, 0.05) is 17.8 Å². The van der Waals surface area contributed by atoms with E-state index in [4.69, 9.17) is 0 Å². The molecule has 3 rings (SSSR count). The number of carbonyl (C=O) groups is 2. The average Bonchev–Trinajstić information content (AvgIpc) is 2.96. The van der Waals surface area contributed by atoms with Crippen LogP contribution in [0.3, 0.4) is 0 Å². The third kappa shape index (κ3) is 2.60. The van der Waals surface area contributed by atoms with E-state index in [1.54, 1.807) is 6.07 Å². The van der Waals surface area contributed by atoms with Crippen LogP contribution in [0.1, 0.15) is 48.0 Å². The minimum absolute atomic E-state index is 0.285. The van der Waals surface area contributed by atoms with Crippen LogP contribution >= 0.6 is 0 Å². The van der Waals surface area contributed by atoms with Crippen molar-refractivity contribution in [2.75, 3.05) is 11.9 Å². The summed E-state index contributed by atoms with van der Waals surface area (Å²) in [4.78, 5) is 23.9. The number of aliphatic carboxylic acids is 1. The fourth-order valence-electron chi connectivity index (χ4n) is 3.28. The molecule has 0 bridgehead atoms. The van der Waals surface area contributed by atoms with E-state index in [0.717, 1.165) is 43.5 Å². The van der Waals surface area contributed by atoms with Crippen LogP contribution in [0.4, 0.5) is 5.69 Å². The van der Waals surface area contributed by atoms with E-state index in [2.05, 4.69) is 10.6 Å². The molecule has 1 aliphatic heterocycles. The van der Waals surface area contributed by atoms with Crippen molar-refractivity contribution in [3.05, 3.63) is 29.3 Å². The molecule has 1 aromatic rings. The van der Waals surface area contributed by atoms with Gasteiger partial charge < -0.3 is 15.7 Å². The Morgan fingerprint density at radius 1 is 1.19 bits per heavy atom. The molecule has 0 radical (unpaired) electrons. The first-order valence-corrected chi connectivity index (χ1v) is 7.53. The second-order valence-corrected chi connectivity index (χ2v) is 5.95. The molecule has 0 aromatic heterocycles. The second kappa shape index (κ2) is 5.39. The molecule has 3 N–H and O–H groups in total. The van der Waals surface area contributed by atoms with Crippen LogP contribution in [0.25, 0.3) is 0 Å². The summed E-state index contributed by atoms with van der Waals surface area (Å²) in [7, 11) is 0. The van der Waals surface area contributed by atoms with Crippen molar-refractivity contribution >= 4 is 17.6 Å². The van der Waals surface area contributed by atoms with Crippen LogP contribution in [-0.2, 0) is 11.2 Å². The quantitative estimate of drug-likeness (QED) is 0.796. The third-order valence-electron chi connectivity index (χ3n) is 4.53. The van der Waals surface area contributed by atoms with Crippen molar-refractivity contribution in [2.24, 2.45) is 0 Å². The highest BCUT2D eigenvalue weighted by Gasteiger charge is 2.42. The van der Waals surface area contributed by atoms with Crippen LogP contribution in [0, 0.1) is 0 Å². The summed E-state index contributed by atoms with van der Waals surface area (Å²) in [5.41, 5.74) is 1.67. The van der Waals surface area contributed by atoms with Crippen LogP contribution in [0.2, 0.25) is 0 Å². The molecule has 1 aromatic carbocycles. The Labute approximate surface area is 123 Å². The van der Waals surface area contributed by atoms with Gasteiger partial charge >= 0.3 is 5.97 Å².